The van der Waals surface area contributed by atoms with E-state index in [1.807, 2.05) is 20.8 Å². The van der Waals surface area contributed by atoms with Gasteiger partial charge in [-0.1, -0.05) is 197 Å². The van der Waals surface area contributed by atoms with Crippen LogP contribution in [0.1, 0.15) is 151 Å². The number of imidazole rings is 1. The van der Waals surface area contributed by atoms with Crippen LogP contribution in [0.25, 0.3) is 83.9 Å². The molecule has 0 spiro atoms. The first-order valence-electron chi connectivity index (χ1n) is 36.9. The van der Waals surface area contributed by atoms with Crippen molar-refractivity contribution < 1.29 is 67.3 Å². The summed E-state index contributed by atoms with van der Waals surface area (Å²) < 4.78 is 264. The van der Waals surface area contributed by atoms with Gasteiger partial charge in [-0.25, -0.2) is 4.98 Å². The molecule has 70 heavy (non-hydrogen) atoms. The molecule has 7 aromatic carbocycles. The van der Waals surface area contributed by atoms with E-state index in [1.165, 1.54) is 60.8 Å². The number of aromatic nitrogens is 3. The molecule has 0 bridgehead atoms. The molecule has 1 N–H and O–H groups in total. The normalized spacial score (nSPS) is 20.4. The zero-order chi connectivity index (χ0) is 74.2. The van der Waals surface area contributed by atoms with E-state index in [2.05, 4.69) is 6.07 Å². The van der Waals surface area contributed by atoms with Crippen molar-refractivity contribution in [2.24, 2.45) is 0 Å². The summed E-state index contributed by atoms with van der Waals surface area (Å²) in [6.07, 6.45) is 1.40. The van der Waals surface area contributed by atoms with Crippen LogP contribution < -0.4 is 0 Å². The van der Waals surface area contributed by atoms with Gasteiger partial charge in [-0.15, -0.1) is 29.3 Å². The van der Waals surface area contributed by atoms with Gasteiger partial charge in [0.15, 0.2) is 0 Å². The minimum absolute atomic E-state index is 0. The zero-order valence-corrected chi connectivity index (χ0v) is 40.4. The summed E-state index contributed by atoms with van der Waals surface area (Å²) in [6.45, 7) is -33.8. The van der Waals surface area contributed by atoms with Crippen LogP contribution in [0.4, 0.5) is 0 Å². The van der Waals surface area contributed by atoms with E-state index in [1.54, 1.807) is 84.9 Å². The fourth-order valence-corrected chi connectivity index (χ4v) is 8.44. The molecule has 9 rings (SSSR count). The molecule has 0 saturated carbocycles. The van der Waals surface area contributed by atoms with E-state index >= 15 is 0 Å². The van der Waals surface area contributed by atoms with Crippen LogP contribution in [-0.2, 0) is 42.7 Å². The van der Waals surface area contributed by atoms with Gasteiger partial charge in [0, 0.05) is 79.6 Å². The molecule has 2 heterocycles. The third-order valence-electron chi connectivity index (χ3n) is 12.1. The summed E-state index contributed by atoms with van der Waals surface area (Å²) in [5, 5.41) is 13.1. The molecular weight excluding hydrogens is 1030 g/mol. The van der Waals surface area contributed by atoms with Gasteiger partial charge >= 0.3 is 0 Å². The number of hydrogen-bond donors (Lipinski definition) is 1. The number of rotatable bonds is 7. The minimum Gasteiger partial charge on any atom is -0.507 e. The molecule has 9 aromatic rings. The Balaban J connectivity index is 0.0000127. The average Bonchev–Trinajstić information content (AvgIpc) is 0.787. The minimum atomic E-state index is -4.32. The van der Waals surface area contributed by atoms with Crippen LogP contribution in [0, 0.1) is 12.9 Å². The smallest absolute Gasteiger partial charge is 0.148 e. The number of aryl methyl sites for hydroxylation is 1. The molecule has 4 nitrogen and oxygen atoms in total. The van der Waals surface area contributed by atoms with Crippen LogP contribution in [0.5, 0.6) is 5.75 Å². The number of hydrogen-bond acceptors (Lipinski definition) is 3. The molecule has 0 unspecified atom stereocenters. The summed E-state index contributed by atoms with van der Waals surface area (Å²) in [6, 6.07) is 40.2. The third-order valence-corrected chi connectivity index (χ3v) is 12.1. The fraction of sp³-hybridized carbons (Fsp3) is 0.262. The maximum absolute atomic E-state index is 13.1. The maximum atomic E-state index is 13.1. The molecule has 0 aliphatic heterocycles. The van der Waals surface area contributed by atoms with E-state index in [9.17, 15) is 5.11 Å². The molecule has 358 valence electrons. The Hall–Kier alpha value is -6.35. The van der Waals surface area contributed by atoms with Crippen molar-refractivity contribution in [1.82, 2.24) is 14.5 Å². The maximum Gasteiger partial charge on any atom is 0.148 e. The second-order valence-electron chi connectivity index (χ2n) is 18.3. The SMILES string of the molecule is [2H]C([2H])([2H])c1cc(-c2ccccc2)ccc1-n1c(-c2cc(C(C([2H])([2H])[2H])(C([2H])([2H])[2H])C([2H])([2H])[2H])cc(C(C([2H])([2H])[2H])(C([2H])([2H])[2H])C([2H])([2H])[2H])c2O)nc2c(-c3[c-]c(-c4cc(-c5cc(-c6ccccc6)cc(C(C([2H])([2H])[2H])(C([2H])([2H])[2H])C([2H])([2H])[2H])c5)ccn4)cc(C(C)(C)C)c3)cccc21.[Pt]. The first kappa shape index (κ1) is 24.7. The van der Waals surface area contributed by atoms with Crippen LogP contribution in [-0.4, -0.2) is 19.6 Å². The Morgan fingerprint density at radius 1 is 0.514 bits per heavy atom. The monoisotopic (exact) mass is 1130 g/mol. The molecule has 5 heteroatoms. The van der Waals surface area contributed by atoms with Crippen molar-refractivity contribution in [2.75, 3.05) is 0 Å². The first-order valence-corrected chi connectivity index (χ1v) is 21.9. The van der Waals surface area contributed by atoms with Crippen molar-refractivity contribution in [3.8, 4) is 78.6 Å². The summed E-state index contributed by atoms with van der Waals surface area (Å²) >= 11 is 0. The number of aromatic hydroxyl groups is 1. The molecular formula is C65H66N3OPt-. The second kappa shape index (κ2) is 18.8. The Morgan fingerprint density at radius 2 is 1.11 bits per heavy atom. The Labute approximate surface area is 473 Å². The van der Waals surface area contributed by atoms with Gasteiger partial charge in [0.05, 0.1) is 22.3 Å². The zero-order valence-electron chi connectivity index (χ0n) is 68.1. The van der Waals surface area contributed by atoms with Crippen LogP contribution in [0.2, 0.25) is 0 Å². The molecule has 2 aromatic heterocycles. The van der Waals surface area contributed by atoms with Gasteiger partial charge in [-0.3, -0.25) is 9.55 Å². The van der Waals surface area contributed by atoms with Crippen LogP contribution in [0.15, 0.2) is 158 Å². The Morgan fingerprint density at radius 3 is 1.76 bits per heavy atom. The largest absolute Gasteiger partial charge is 0.507 e. The summed E-state index contributed by atoms with van der Waals surface area (Å²) in [7, 11) is 0. The van der Waals surface area contributed by atoms with Gasteiger partial charge in [0.1, 0.15) is 11.6 Å². The van der Waals surface area contributed by atoms with E-state index in [-0.39, 0.29) is 77.4 Å². The van der Waals surface area contributed by atoms with Crippen molar-refractivity contribution >= 4 is 11.0 Å². The number of benzene rings is 7. The van der Waals surface area contributed by atoms with E-state index in [0.717, 1.165) is 4.57 Å². The van der Waals surface area contributed by atoms with Crippen LogP contribution >= 0.6 is 0 Å². The van der Waals surface area contributed by atoms with Gasteiger partial charge in [-0.2, -0.15) is 0 Å². The molecule has 0 aliphatic carbocycles. The molecule has 0 saturated heterocycles. The van der Waals surface area contributed by atoms with E-state index in [0.29, 0.717) is 33.9 Å². The van der Waals surface area contributed by atoms with Gasteiger partial charge < -0.3 is 5.11 Å². The average molecular weight is 1130 g/mol. The summed E-state index contributed by atoms with van der Waals surface area (Å²) in [5.74, 6) is -2.34. The van der Waals surface area contributed by atoms with Crippen molar-refractivity contribution in [1.29, 1.82) is 0 Å². The van der Waals surface area contributed by atoms with E-state index in [4.69, 9.17) is 51.1 Å². The Kier molecular flexibility index (Phi) is 6.61. The second-order valence-corrected chi connectivity index (χ2v) is 18.3. The Bertz CT molecular complexity index is 4410. The predicted molar refractivity (Wildman–Crippen MR) is 292 cm³/mol. The number of phenolic OH excluding ortho intramolecular Hbond substituents is 1. The standard InChI is InChI=1S/C65H66N3O.Pt/c1-41-31-44(42-21-16-14-17-22-42)27-28-57(41)68-58-26-20-25-53(59(58)67-61(68)54-39-52(64(8,9)10)40-55(60(54)69)65(11,12)13)48-33-49(37-51(36-48)63(5,6)7)56-38-45(29-30-66-56)47-32-46(43-23-18-15-19-24-43)34-50(35-47)62(2,3)4;/h14-32,34-40,69H,1-13H3;/q-1;/i1D3,2D3,3D3,4D3,8D3,9D3,10D3,11D3,12D3,13D3;. The van der Waals surface area contributed by atoms with Crippen molar-refractivity contribution in [3.05, 3.63) is 192 Å². The van der Waals surface area contributed by atoms with Crippen molar-refractivity contribution in [2.45, 2.75) is 111 Å². The number of pyridine rings is 1. The number of fused-ring (bicyclic) bond motifs is 1. The topological polar surface area (TPSA) is 50.9 Å². The molecule has 0 atom stereocenters. The quantitative estimate of drug-likeness (QED) is 0.162. The number of phenols is 1. The molecule has 0 fully saturated rings. The first-order chi connectivity index (χ1) is 45.0. The number of para-hydroxylation sites is 1. The molecule has 0 amide bonds. The van der Waals surface area contributed by atoms with Gasteiger partial charge in [0.2, 0.25) is 0 Å². The third kappa shape index (κ3) is 9.99. The molecule has 0 aliphatic rings. The van der Waals surface area contributed by atoms with Gasteiger partial charge in [0.25, 0.3) is 0 Å². The van der Waals surface area contributed by atoms with Gasteiger partial charge in [-0.05, 0) is 115 Å². The van der Waals surface area contributed by atoms with E-state index < -0.39 is 130 Å². The predicted octanol–water partition coefficient (Wildman–Crippen LogP) is 17.4. The fourth-order valence-electron chi connectivity index (χ4n) is 8.44. The summed E-state index contributed by atoms with van der Waals surface area (Å²) in [4.78, 5) is 9.71. The summed E-state index contributed by atoms with van der Waals surface area (Å²) in [5.41, 5.74) is -14.9. The van der Waals surface area contributed by atoms with Crippen molar-refractivity contribution in [3.63, 3.8) is 0 Å². The molecule has 0 radical (unpaired) electrons. The van der Waals surface area contributed by atoms with Crippen LogP contribution in [0.3, 0.4) is 0 Å². The number of nitrogens with zero attached hydrogens (tertiary/aromatic N) is 3.